The Bertz CT molecular complexity index is 964. The van der Waals surface area contributed by atoms with Crippen LogP contribution in [0.5, 0.6) is 0 Å². The van der Waals surface area contributed by atoms with Gasteiger partial charge >= 0.3 is 5.97 Å². The summed E-state index contributed by atoms with van der Waals surface area (Å²) in [4.78, 5) is 25.7. The number of esters is 1. The van der Waals surface area contributed by atoms with E-state index in [0.29, 0.717) is 13.1 Å². The van der Waals surface area contributed by atoms with E-state index >= 15 is 0 Å². The second-order valence-electron chi connectivity index (χ2n) is 6.11. The van der Waals surface area contributed by atoms with Gasteiger partial charge < -0.3 is 14.2 Å². The molecule has 2 heterocycles. The summed E-state index contributed by atoms with van der Waals surface area (Å²) in [6.45, 7) is 1.30. The van der Waals surface area contributed by atoms with Gasteiger partial charge in [0.1, 0.15) is 11.4 Å². The minimum absolute atomic E-state index is 0.280. The Labute approximate surface area is 157 Å². The highest BCUT2D eigenvalue weighted by molar-refractivity contribution is 7.89. The van der Waals surface area contributed by atoms with E-state index in [9.17, 15) is 18.0 Å². The molecule has 8 nitrogen and oxygen atoms in total. The Kier molecular flexibility index (Phi) is 5.62. The number of ether oxygens (including phenoxy) is 1. The Hall–Kier alpha value is -2.65. The molecule has 1 saturated heterocycles. The van der Waals surface area contributed by atoms with Crippen molar-refractivity contribution in [1.82, 2.24) is 8.87 Å². The van der Waals surface area contributed by atoms with Gasteiger partial charge in [-0.25, -0.2) is 8.42 Å². The lowest BCUT2D eigenvalue weighted by molar-refractivity contribution is -0.141. The quantitative estimate of drug-likeness (QED) is 0.691. The number of aromatic nitrogens is 1. The number of hydrogen-bond donors (Lipinski definition) is 0. The van der Waals surface area contributed by atoms with Gasteiger partial charge in [0.2, 0.25) is 10.0 Å². The molecule has 0 spiro atoms. The van der Waals surface area contributed by atoms with E-state index in [-0.39, 0.29) is 24.5 Å². The first kappa shape index (κ1) is 19.1. The molecule has 1 fully saturated rings. The number of methoxy groups -OCH3 is 1. The standard InChI is InChI=1S/C18H21N3O5S/c1-26-17(22)14-20-9-5-8-16(18(20)23)27(24,25)21-12-10-19(11-13-21)15-6-3-2-4-7-15/h2-9H,10-14H2,1H3. The van der Waals surface area contributed by atoms with Crippen LogP contribution >= 0.6 is 0 Å². The van der Waals surface area contributed by atoms with Gasteiger partial charge in [-0.3, -0.25) is 9.59 Å². The van der Waals surface area contributed by atoms with Crippen molar-refractivity contribution in [2.75, 3.05) is 38.2 Å². The number of pyridine rings is 1. The molecule has 2 aromatic rings. The number of sulfonamides is 1. The Balaban J connectivity index is 1.79. The molecular weight excluding hydrogens is 370 g/mol. The van der Waals surface area contributed by atoms with Crippen molar-refractivity contribution < 1.29 is 17.9 Å². The molecule has 0 N–H and O–H groups in total. The number of benzene rings is 1. The van der Waals surface area contributed by atoms with Crippen LogP contribution in [0.1, 0.15) is 0 Å². The van der Waals surface area contributed by atoms with Gasteiger partial charge in [-0.15, -0.1) is 0 Å². The van der Waals surface area contributed by atoms with Crippen molar-refractivity contribution in [2.45, 2.75) is 11.4 Å². The topological polar surface area (TPSA) is 88.9 Å². The maximum atomic E-state index is 12.9. The van der Waals surface area contributed by atoms with Gasteiger partial charge in [0.15, 0.2) is 0 Å². The van der Waals surface area contributed by atoms with E-state index in [4.69, 9.17) is 0 Å². The third kappa shape index (κ3) is 4.04. The van der Waals surface area contributed by atoms with Crippen molar-refractivity contribution in [1.29, 1.82) is 0 Å². The summed E-state index contributed by atoms with van der Waals surface area (Å²) < 4.78 is 32.8. The second-order valence-corrected chi connectivity index (χ2v) is 8.01. The highest BCUT2D eigenvalue weighted by Crippen LogP contribution is 2.19. The van der Waals surface area contributed by atoms with Crippen LogP contribution in [0.3, 0.4) is 0 Å². The minimum atomic E-state index is -3.94. The van der Waals surface area contributed by atoms with E-state index in [1.165, 1.54) is 29.7 Å². The van der Waals surface area contributed by atoms with Crippen molar-refractivity contribution in [2.24, 2.45) is 0 Å². The Morgan fingerprint density at radius 1 is 1.04 bits per heavy atom. The maximum absolute atomic E-state index is 12.9. The van der Waals surface area contributed by atoms with Gasteiger partial charge in [-0.05, 0) is 24.3 Å². The van der Waals surface area contributed by atoms with Crippen LogP contribution in [0.15, 0.2) is 58.4 Å². The van der Waals surface area contributed by atoms with Crippen molar-refractivity contribution in [3.05, 3.63) is 59.0 Å². The van der Waals surface area contributed by atoms with Gasteiger partial charge in [0.05, 0.1) is 7.11 Å². The normalized spacial score (nSPS) is 15.5. The smallest absolute Gasteiger partial charge is 0.325 e. The third-order valence-electron chi connectivity index (χ3n) is 4.49. The second kappa shape index (κ2) is 7.93. The Morgan fingerprint density at radius 2 is 1.70 bits per heavy atom. The molecule has 1 aromatic heterocycles. The van der Waals surface area contributed by atoms with Gasteiger partial charge in [0, 0.05) is 38.1 Å². The van der Waals surface area contributed by atoms with Crippen LogP contribution < -0.4 is 10.5 Å². The number of carbonyl (C=O) groups is 1. The average Bonchev–Trinajstić information content (AvgIpc) is 2.70. The summed E-state index contributed by atoms with van der Waals surface area (Å²) in [6, 6.07) is 12.5. The molecule has 0 aliphatic carbocycles. The molecule has 1 aromatic carbocycles. The first-order chi connectivity index (χ1) is 12.9. The number of hydrogen-bond acceptors (Lipinski definition) is 6. The first-order valence-electron chi connectivity index (χ1n) is 8.50. The molecule has 0 bridgehead atoms. The average molecular weight is 391 g/mol. The number of anilines is 1. The molecular formula is C18H21N3O5S. The lowest BCUT2D eigenvalue weighted by atomic mass is 10.2. The van der Waals surface area contributed by atoms with Crippen LogP contribution in [0.4, 0.5) is 5.69 Å². The lowest BCUT2D eigenvalue weighted by Crippen LogP contribution is -2.49. The highest BCUT2D eigenvalue weighted by Gasteiger charge is 2.31. The van der Waals surface area contributed by atoms with Gasteiger partial charge in [0.25, 0.3) is 5.56 Å². The third-order valence-corrected chi connectivity index (χ3v) is 6.40. The monoisotopic (exact) mass is 391 g/mol. The molecule has 0 saturated carbocycles. The fourth-order valence-electron chi connectivity index (χ4n) is 3.00. The van der Waals surface area contributed by atoms with E-state index < -0.39 is 21.6 Å². The lowest BCUT2D eigenvalue weighted by Gasteiger charge is -2.35. The molecule has 9 heteroatoms. The number of piperazine rings is 1. The summed E-state index contributed by atoms with van der Waals surface area (Å²) in [7, 11) is -2.73. The molecule has 3 rings (SSSR count). The SMILES string of the molecule is COC(=O)Cn1cccc(S(=O)(=O)N2CCN(c3ccccc3)CC2)c1=O. The van der Waals surface area contributed by atoms with Crippen LogP contribution in [0.25, 0.3) is 0 Å². The number of rotatable bonds is 5. The van der Waals surface area contributed by atoms with Crippen LogP contribution in [-0.4, -0.2) is 56.5 Å². The van der Waals surface area contributed by atoms with Crippen molar-refractivity contribution >= 4 is 21.7 Å². The number of carbonyl (C=O) groups excluding carboxylic acids is 1. The fraction of sp³-hybridized carbons (Fsp3) is 0.333. The predicted molar refractivity (Wildman–Crippen MR) is 100 cm³/mol. The summed E-state index contributed by atoms with van der Waals surface area (Å²) in [5.74, 6) is -0.622. The number of nitrogens with zero attached hydrogens (tertiary/aromatic N) is 3. The summed E-state index contributed by atoms with van der Waals surface area (Å²) in [6.07, 6.45) is 1.37. The van der Waals surface area contributed by atoms with Crippen molar-refractivity contribution in [3.63, 3.8) is 0 Å². The fourth-order valence-corrected chi connectivity index (χ4v) is 4.51. The van der Waals surface area contributed by atoms with Crippen LogP contribution in [0, 0.1) is 0 Å². The molecule has 0 atom stereocenters. The maximum Gasteiger partial charge on any atom is 0.325 e. The summed E-state index contributed by atoms with van der Waals surface area (Å²) in [5.41, 5.74) is 0.308. The minimum Gasteiger partial charge on any atom is -0.468 e. The van der Waals surface area contributed by atoms with E-state index in [1.807, 2.05) is 30.3 Å². The van der Waals surface area contributed by atoms with Crippen molar-refractivity contribution in [3.8, 4) is 0 Å². The van der Waals surface area contributed by atoms with Gasteiger partial charge in [-0.1, -0.05) is 18.2 Å². The largest absolute Gasteiger partial charge is 0.468 e. The first-order valence-corrected chi connectivity index (χ1v) is 9.94. The number of para-hydroxylation sites is 1. The van der Waals surface area contributed by atoms with E-state index in [0.717, 1.165) is 10.3 Å². The molecule has 0 radical (unpaired) electrons. The molecule has 1 aliphatic heterocycles. The zero-order valence-corrected chi connectivity index (χ0v) is 15.8. The van der Waals surface area contributed by atoms with E-state index in [2.05, 4.69) is 9.64 Å². The molecule has 1 aliphatic rings. The van der Waals surface area contributed by atoms with E-state index in [1.54, 1.807) is 0 Å². The predicted octanol–water partition coefficient (Wildman–Crippen LogP) is 0.532. The summed E-state index contributed by atoms with van der Waals surface area (Å²) >= 11 is 0. The Morgan fingerprint density at radius 3 is 2.33 bits per heavy atom. The zero-order chi connectivity index (χ0) is 19.4. The van der Waals surface area contributed by atoms with Crippen LogP contribution in [0.2, 0.25) is 0 Å². The highest BCUT2D eigenvalue weighted by atomic mass is 32.2. The molecule has 0 amide bonds. The van der Waals surface area contributed by atoms with Crippen LogP contribution in [-0.2, 0) is 26.1 Å². The van der Waals surface area contributed by atoms with Gasteiger partial charge in [-0.2, -0.15) is 4.31 Å². The molecule has 144 valence electrons. The molecule has 0 unspecified atom stereocenters. The zero-order valence-electron chi connectivity index (χ0n) is 14.9. The summed E-state index contributed by atoms with van der Waals surface area (Å²) in [5, 5.41) is 0. The molecule has 27 heavy (non-hydrogen) atoms.